The Balaban J connectivity index is 1.43. The summed E-state index contributed by atoms with van der Waals surface area (Å²) in [5, 5.41) is 16.2. The van der Waals surface area contributed by atoms with E-state index in [0.717, 1.165) is 0 Å². The summed E-state index contributed by atoms with van der Waals surface area (Å²) in [7, 11) is 0. The summed E-state index contributed by atoms with van der Waals surface area (Å²) in [5.74, 6) is 0.222. The van der Waals surface area contributed by atoms with E-state index in [1.54, 1.807) is 10.6 Å². The minimum atomic E-state index is -1.04. The van der Waals surface area contributed by atoms with Crippen LogP contribution in [0.2, 0.25) is 5.02 Å². The van der Waals surface area contributed by atoms with Gasteiger partial charge in [0.05, 0.1) is 34.4 Å². The molecule has 0 fully saturated rings. The number of halogens is 1. The molecule has 202 valence electrons. The number of carboxylic acid groups (broad SMARTS) is 1. The number of pyridine rings is 1. The van der Waals surface area contributed by atoms with Gasteiger partial charge in [0.15, 0.2) is 0 Å². The Hall–Kier alpha value is -5.03. The van der Waals surface area contributed by atoms with E-state index in [2.05, 4.69) is 25.6 Å². The molecule has 40 heavy (non-hydrogen) atoms. The minimum absolute atomic E-state index is 0.107. The fourth-order valence-electron chi connectivity index (χ4n) is 4.24. The predicted octanol–water partition coefficient (Wildman–Crippen LogP) is 4.16. The van der Waals surface area contributed by atoms with Crippen LogP contribution in [0.25, 0.3) is 16.6 Å². The lowest BCUT2D eigenvalue weighted by molar-refractivity contribution is 0.0696. The van der Waals surface area contributed by atoms with Gasteiger partial charge in [-0.05, 0) is 42.8 Å². The van der Waals surface area contributed by atoms with Crippen molar-refractivity contribution in [3.63, 3.8) is 0 Å². The van der Waals surface area contributed by atoms with Gasteiger partial charge >= 0.3 is 5.97 Å². The van der Waals surface area contributed by atoms with Crippen LogP contribution in [0.1, 0.15) is 28.3 Å². The summed E-state index contributed by atoms with van der Waals surface area (Å²) in [6.45, 7) is 0.821. The topological polar surface area (TPSA) is 161 Å². The van der Waals surface area contributed by atoms with Crippen LogP contribution in [-0.4, -0.2) is 42.1 Å². The molecular formula is C28H25ClN8O3. The predicted molar refractivity (Wildman–Crippen MR) is 154 cm³/mol. The largest absolute Gasteiger partial charge is 0.478 e. The molecule has 0 atom stereocenters. The Morgan fingerprint density at radius 3 is 2.58 bits per heavy atom. The van der Waals surface area contributed by atoms with E-state index >= 15 is 0 Å². The molecule has 5 rings (SSSR count). The third kappa shape index (κ3) is 5.69. The van der Waals surface area contributed by atoms with Crippen LogP contribution in [0, 0.1) is 0 Å². The molecule has 5 N–H and O–H groups in total. The minimum Gasteiger partial charge on any atom is -0.478 e. The third-order valence-electron chi connectivity index (χ3n) is 6.20. The summed E-state index contributed by atoms with van der Waals surface area (Å²) in [6.07, 6.45) is 3.79. The number of nitrogen functional groups attached to an aromatic ring is 1. The smallest absolute Gasteiger partial charge is 0.337 e. The van der Waals surface area contributed by atoms with Crippen LogP contribution in [0.5, 0.6) is 0 Å². The van der Waals surface area contributed by atoms with E-state index in [1.165, 1.54) is 18.6 Å². The van der Waals surface area contributed by atoms with Crippen molar-refractivity contribution < 1.29 is 9.90 Å². The lowest BCUT2D eigenvalue weighted by atomic mass is 10.1. The van der Waals surface area contributed by atoms with Crippen molar-refractivity contribution in [2.45, 2.75) is 19.4 Å². The number of fused-ring (bicyclic) bond motifs is 1. The Labute approximate surface area is 233 Å². The first kappa shape index (κ1) is 26.6. The standard InChI is InChI=1S/C28H25ClN8O3/c29-24-25(30)34-16-35-26(24)31-13-5-10-22-36-21-9-4-8-20(33-15-18-12-11-17(14-32-18)28(39)40)23(21)27(38)37(22)19-6-2-1-3-7-19/h1-4,6-9,11-12,14,16,33H,5,10,13,15H2,(H,39,40)(H3,30,31,34,35). The number of aryl methyl sites for hydroxylation is 1. The van der Waals surface area contributed by atoms with Crippen LogP contribution in [-0.2, 0) is 13.0 Å². The molecule has 3 heterocycles. The highest BCUT2D eigenvalue weighted by Crippen LogP contribution is 2.24. The van der Waals surface area contributed by atoms with E-state index in [9.17, 15) is 9.59 Å². The summed E-state index contributed by atoms with van der Waals surface area (Å²) >= 11 is 6.18. The highest BCUT2D eigenvalue weighted by Gasteiger charge is 2.16. The molecule has 12 heteroatoms. The molecule has 3 aromatic heterocycles. The SMILES string of the molecule is Nc1ncnc(NCCCc2nc3cccc(NCc4ccc(C(=O)O)cn4)c3c(=O)n2-c2ccccc2)c1Cl. The van der Waals surface area contributed by atoms with Crippen LogP contribution in [0.3, 0.4) is 0 Å². The van der Waals surface area contributed by atoms with Gasteiger partial charge in [-0.1, -0.05) is 35.9 Å². The van der Waals surface area contributed by atoms with Crippen molar-refractivity contribution in [3.8, 4) is 5.69 Å². The number of anilines is 3. The second kappa shape index (κ2) is 11.8. The van der Waals surface area contributed by atoms with Crippen molar-refractivity contribution in [1.82, 2.24) is 24.5 Å². The normalized spacial score (nSPS) is 10.9. The Morgan fingerprint density at radius 1 is 1.00 bits per heavy atom. The number of nitrogens with one attached hydrogen (secondary N) is 2. The second-order valence-corrected chi connectivity index (χ2v) is 9.23. The van der Waals surface area contributed by atoms with Gasteiger partial charge < -0.3 is 21.5 Å². The number of aromatic nitrogens is 5. The molecule has 0 amide bonds. The van der Waals surface area contributed by atoms with Gasteiger partial charge in [0.25, 0.3) is 5.56 Å². The molecule has 0 unspecified atom stereocenters. The van der Waals surface area contributed by atoms with Gasteiger partial charge in [-0.2, -0.15) is 0 Å². The van der Waals surface area contributed by atoms with E-state index in [-0.39, 0.29) is 22.0 Å². The number of nitrogens with zero attached hydrogens (tertiary/aromatic N) is 5. The zero-order valence-corrected chi connectivity index (χ0v) is 22.0. The van der Waals surface area contributed by atoms with Gasteiger partial charge in [0.1, 0.15) is 28.8 Å². The second-order valence-electron chi connectivity index (χ2n) is 8.85. The molecule has 11 nitrogen and oxygen atoms in total. The number of hydrogen-bond donors (Lipinski definition) is 4. The third-order valence-corrected chi connectivity index (χ3v) is 6.57. The number of benzene rings is 2. The monoisotopic (exact) mass is 556 g/mol. The first-order chi connectivity index (χ1) is 19.4. The summed E-state index contributed by atoms with van der Waals surface area (Å²) < 4.78 is 1.63. The van der Waals surface area contributed by atoms with Gasteiger partial charge in [-0.15, -0.1) is 0 Å². The Morgan fingerprint density at radius 2 is 1.82 bits per heavy atom. The van der Waals surface area contributed by atoms with Crippen LogP contribution >= 0.6 is 11.6 Å². The van der Waals surface area contributed by atoms with E-state index < -0.39 is 5.97 Å². The summed E-state index contributed by atoms with van der Waals surface area (Å²) in [5.41, 5.74) is 8.16. The molecule has 2 aromatic carbocycles. The van der Waals surface area contributed by atoms with Crippen molar-refractivity contribution in [3.05, 3.63) is 106 Å². The Kier molecular flexibility index (Phi) is 7.83. The van der Waals surface area contributed by atoms with Crippen molar-refractivity contribution >= 4 is 45.8 Å². The number of aromatic carboxylic acids is 1. The van der Waals surface area contributed by atoms with E-state index in [0.29, 0.717) is 65.5 Å². The molecule has 0 aliphatic rings. The first-order valence-electron chi connectivity index (χ1n) is 12.4. The van der Waals surface area contributed by atoms with E-state index in [4.69, 9.17) is 27.4 Å². The fourth-order valence-corrected chi connectivity index (χ4v) is 4.40. The zero-order chi connectivity index (χ0) is 28.1. The lowest BCUT2D eigenvalue weighted by Gasteiger charge is -2.16. The maximum Gasteiger partial charge on any atom is 0.337 e. The molecule has 0 bridgehead atoms. The summed E-state index contributed by atoms with van der Waals surface area (Å²) in [6, 6.07) is 17.9. The van der Waals surface area contributed by atoms with Crippen molar-refractivity contribution in [2.24, 2.45) is 0 Å². The van der Waals surface area contributed by atoms with Crippen LogP contribution in [0.15, 0.2) is 78.0 Å². The highest BCUT2D eigenvalue weighted by atomic mass is 35.5. The van der Waals surface area contributed by atoms with Gasteiger partial charge in [0, 0.05) is 24.8 Å². The molecule has 0 spiro atoms. The number of rotatable bonds is 10. The molecule has 0 radical (unpaired) electrons. The molecular weight excluding hydrogens is 532 g/mol. The highest BCUT2D eigenvalue weighted by molar-refractivity contribution is 6.35. The van der Waals surface area contributed by atoms with Gasteiger partial charge in [-0.25, -0.2) is 19.7 Å². The van der Waals surface area contributed by atoms with Crippen LogP contribution in [0.4, 0.5) is 17.3 Å². The van der Waals surface area contributed by atoms with Crippen molar-refractivity contribution in [2.75, 3.05) is 22.9 Å². The molecule has 0 saturated carbocycles. The first-order valence-corrected chi connectivity index (χ1v) is 12.8. The number of para-hydroxylation sites is 1. The van der Waals surface area contributed by atoms with E-state index in [1.807, 2.05) is 48.5 Å². The lowest BCUT2D eigenvalue weighted by Crippen LogP contribution is -2.25. The average Bonchev–Trinajstić information content (AvgIpc) is 2.97. The number of nitrogens with two attached hydrogens (primary N) is 1. The molecule has 0 aliphatic carbocycles. The average molecular weight is 557 g/mol. The maximum atomic E-state index is 14.0. The van der Waals surface area contributed by atoms with Crippen molar-refractivity contribution in [1.29, 1.82) is 0 Å². The number of carbonyl (C=O) groups is 1. The quantitative estimate of drug-likeness (QED) is 0.184. The molecule has 5 aromatic rings. The maximum absolute atomic E-state index is 14.0. The number of carboxylic acids is 1. The molecule has 0 aliphatic heterocycles. The van der Waals surface area contributed by atoms with Gasteiger partial charge in [-0.3, -0.25) is 14.3 Å². The van der Waals surface area contributed by atoms with Crippen LogP contribution < -0.4 is 21.9 Å². The number of hydrogen-bond acceptors (Lipinski definition) is 9. The zero-order valence-electron chi connectivity index (χ0n) is 21.2. The molecule has 0 saturated heterocycles. The fraction of sp³-hybridized carbons (Fsp3) is 0.143. The summed E-state index contributed by atoms with van der Waals surface area (Å²) in [4.78, 5) is 42.1. The van der Waals surface area contributed by atoms with Gasteiger partial charge in [0.2, 0.25) is 0 Å². The Bertz CT molecular complexity index is 1730.